The van der Waals surface area contributed by atoms with Gasteiger partial charge in [0, 0.05) is 38.1 Å². The van der Waals surface area contributed by atoms with Crippen molar-refractivity contribution in [3.63, 3.8) is 0 Å². The molecule has 0 aliphatic heterocycles. The molecule has 5 nitrogen and oxygen atoms in total. The molecular formula is C14H17BrN4O. The molecule has 0 saturated carbocycles. The molecule has 0 spiro atoms. The molecule has 20 heavy (non-hydrogen) atoms. The predicted octanol–water partition coefficient (Wildman–Crippen LogP) is 3.43. The number of carbonyl (C=O) groups excluding carboxylic acids is 1. The van der Waals surface area contributed by atoms with E-state index in [-0.39, 0.29) is 6.03 Å². The van der Waals surface area contributed by atoms with Gasteiger partial charge in [-0.2, -0.15) is 5.10 Å². The SMILES string of the molecule is CCn1cc(Br)c(-c2ccc(NC(=O)N(C)C)cc2)n1. The van der Waals surface area contributed by atoms with Gasteiger partial charge < -0.3 is 10.2 Å². The highest BCUT2D eigenvalue weighted by molar-refractivity contribution is 9.10. The largest absolute Gasteiger partial charge is 0.331 e. The minimum atomic E-state index is -0.144. The highest BCUT2D eigenvalue weighted by Crippen LogP contribution is 2.27. The van der Waals surface area contributed by atoms with Crippen molar-refractivity contribution in [1.82, 2.24) is 14.7 Å². The van der Waals surface area contributed by atoms with Gasteiger partial charge in [0.15, 0.2) is 0 Å². The van der Waals surface area contributed by atoms with E-state index in [1.54, 1.807) is 14.1 Å². The van der Waals surface area contributed by atoms with Gasteiger partial charge >= 0.3 is 6.03 Å². The first-order valence-corrected chi connectivity index (χ1v) is 7.12. The smallest absolute Gasteiger partial charge is 0.321 e. The van der Waals surface area contributed by atoms with Gasteiger partial charge in [-0.3, -0.25) is 4.68 Å². The average Bonchev–Trinajstić information content (AvgIpc) is 2.81. The summed E-state index contributed by atoms with van der Waals surface area (Å²) in [5.74, 6) is 0. The van der Waals surface area contributed by atoms with Gasteiger partial charge in [0.1, 0.15) is 5.69 Å². The van der Waals surface area contributed by atoms with Crippen molar-refractivity contribution in [2.45, 2.75) is 13.5 Å². The fourth-order valence-corrected chi connectivity index (χ4v) is 2.25. The Morgan fingerprint density at radius 2 is 2.00 bits per heavy atom. The summed E-state index contributed by atoms with van der Waals surface area (Å²) in [6.07, 6.45) is 1.96. The Kier molecular flexibility index (Phi) is 4.44. The lowest BCUT2D eigenvalue weighted by Crippen LogP contribution is -2.27. The number of hydrogen-bond acceptors (Lipinski definition) is 2. The third-order valence-corrected chi connectivity index (χ3v) is 3.44. The highest BCUT2D eigenvalue weighted by Gasteiger charge is 2.09. The van der Waals surface area contributed by atoms with Gasteiger partial charge in [0.25, 0.3) is 0 Å². The Hall–Kier alpha value is -1.82. The monoisotopic (exact) mass is 336 g/mol. The van der Waals surface area contributed by atoms with Crippen LogP contribution in [0.2, 0.25) is 0 Å². The van der Waals surface area contributed by atoms with E-state index in [1.165, 1.54) is 4.90 Å². The first-order valence-electron chi connectivity index (χ1n) is 6.33. The lowest BCUT2D eigenvalue weighted by Gasteiger charge is -2.12. The van der Waals surface area contributed by atoms with Crippen LogP contribution in [0.5, 0.6) is 0 Å². The molecule has 2 aromatic rings. The molecule has 0 bridgehead atoms. The number of hydrogen-bond donors (Lipinski definition) is 1. The maximum Gasteiger partial charge on any atom is 0.321 e. The molecule has 1 aromatic carbocycles. The predicted molar refractivity (Wildman–Crippen MR) is 83.7 cm³/mol. The van der Waals surface area contributed by atoms with Crippen LogP contribution in [0.1, 0.15) is 6.92 Å². The molecule has 0 aliphatic rings. The van der Waals surface area contributed by atoms with E-state index in [1.807, 2.05) is 42.1 Å². The second-order valence-electron chi connectivity index (χ2n) is 4.58. The Bertz CT molecular complexity index is 604. The second kappa shape index (κ2) is 6.09. The molecular weight excluding hydrogens is 320 g/mol. The van der Waals surface area contributed by atoms with Crippen LogP contribution < -0.4 is 5.32 Å². The summed E-state index contributed by atoms with van der Waals surface area (Å²) in [5, 5.41) is 7.29. The zero-order chi connectivity index (χ0) is 14.7. The molecule has 2 rings (SSSR count). The summed E-state index contributed by atoms with van der Waals surface area (Å²) in [6, 6.07) is 7.48. The number of nitrogens with one attached hydrogen (secondary N) is 1. The summed E-state index contributed by atoms with van der Waals surface area (Å²) in [4.78, 5) is 13.0. The standard InChI is InChI=1S/C14H17BrN4O/c1-4-19-9-12(15)13(17-19)10-5-7-11(8-6-10)16-14(20)18(2)3/h5-9H,4H2,1-3H3,(H,16,20). The van der Waals surface area contributed by atoms with Crippen LogP contribution in [0.4, 0.5) is 10.5 Å². The normalized spacial score (nSPS) is 10.4. The summed E-state index contributed by atoms with van der Waals surface area (Å²) in [6.45, 7) is 2.87. The van der Waals surface area contributed by atoms with Crippen LogP contribution in [0.3, 0.4) is 0 Å². The summed E-state index contributed by atoms with van der Waals surface area (Å²) < 4.78 is 2.84. The Balaban J connectivity index is 2.19. The first-order chi connectivity index (χ1) is 9.51. The van der Waals surface area contributed by atoms with Crippen LogP contribution in [0.15, 0.2) is 34.9 Å². The molecule has 0 radical (unpaired) electrons. The number of urea groups is 1. The van der Waals surface area contributed by atoms with Crippen LogP contribution in [-0.4, -0.2) is 34.8 Å². The van der Waals surface area contributed by atoms with Crippen molar-refractivity contribution in [3.05, 3.63) is 34.9 Å². The maximum atomic E-state index is 11.6. The lowest BCUT2D eigenvalue weighted by atomic mass is 10.1. The molecule has 6 heteroatoms. The molecule has 0 fully saturated rings. The van der Waals surface area contributed by atoms with E-state index in [0.717, 1.165) is 28.0 Å². The van der Waals surface area contributed by atoms with E-state index >= 15 is 0 Å². The summed E-state index contributed by atoms with van der Waals surface area (Å²) >= 11 is 3.51. The number of amides is 2. The molecule has 106 valence electrons. The van der Waals surface area contributed by atoms with Gasteiger partial charge in [-0.15, -0.1) is 0 Å². The summed E-state index contributed by atoms with van der Waals surface area (Å²) in [7, 11) is 3.41. The van der Waals surface area contributed by atoms with Crippen molar-refractivity contribution >= 4 is 27.6 Å². The number of aryl methyl sites for hydroxylation is 1. The Morgan fingerprint density at radius 3 is 2.50 bits per heavy atom. The third kappa shape index (κ3) is 3.19. The van der Waals surface area contributed by atoms with Gasteiger partial charge in [0.05, 0.1) is 4.47 Å². The van der Waals surface area contributed by atoms with Gasteiger partial charge in [-0.25, -0.2) is 4.79 Å². The molecule has 0 unspecified atom stereocenters. The Labute approximate surface area is 126 Å². The van der Waals surface area contributed by atoms with Crippen LogP contribution >= 0.6 is 15.9 Å². The number of aromatic nitrogens is 2. The first kappa shape index (κ1) is 14.6. The van der Waals surface area contributed by atoms with Crippen LogP contribution in [-0.2, 0) is 6.54 Å². The molecule has 1 heterocycles. The molecule has 1 aromatic heterocycles. The van der Waals surface area contributed by atoms with Gasteiger partial charge in [-0.1, -0.05) is 12.1 Å². The van der Waals surface area contributed by atoms with Gasteiger partial charge in [0.2, 0.25) is 0 Å². The van der Waals surface area contributed by atoms with E-state index in [4.69, 9.17) is 0 Å². The van der Waals surface area contributed by atoms with E-state index in [2.05, 4.69) is 26.3 Å². The number of benzene rings is 1. The fourth-order valence-electron chi connectivity index (χ4n) is 1.70. The zero-order valence-corrected chi connectivity index (χ0v) is 13.3. The van der Waals surface area contributed by atoms with Crippen molar-refractivity contribution in [1.29, 1.82) is 0 Å². The molecule has 1 N–H and O–H groups in total. The Morgan fingerprint density at radius 1 is 1.35 bits per heavy atom. The number of halogens is 1. The summed E-state index contributed by atoms with van der Waals surface area (Å²) in [5.41, 5.74) is 2.67. The minimum Gasteiger partial charge on any atom is -0.331 e. The number of carbonyl (C=O) groups is 1. The van der Waals surface area contributed by atoms with Crippen molar-refractivity contribution in [2.75, 3.05) is 19.4 Å². The topological polar surface area (TPSA) is 50.2 Å². The molecule has 0 atom stereocenters. The minimum absolute atomic E-state index is 0.144. The quantitative estimate of drug-likeness (QED) is 0.933. The van der Waals surface area contributed by atoms with Crippen molar-refractivity contribution < 1.29 is 4.79 Å². The lowest BCUT2D eigenvalue weighted by molar-refractivity contribution is 0.230. The maximum absolute atomic E-state index is 11.6. The molecule has 2 amide bonds. The van der Waals surface area contributed by atoms with E-state index < -0.39 is 0 Å². The number of anilines is 1. The van der Waals surface area contributed by atoms with Gasteiger partial charge in [-0.05, 0) is 35.0 Å². The molecule has 0 saturated heterocycles. The van der Waals surface area contributed by atoms with Crippen molar-refractivity contribution in [2.24, 2.45) is 0 Å². The van der Waals surface area contributed by atoms with Crippen molar-refractivity contribution in [3.8, 4) is 11.3 Å². The highest BCUT2D eigenvalue weighted by atomic mass is 79.9. The number of rotatable bonds is 3. The zero-order valence-electron chi connectivity index (χ0n) is 11.7. The molecule has 0 aliphatic carbocycles. The average molecular weight is 337 g/mol. The fraction of sp³-hybridized carbons (Fsp3) is 0.286. The second-order valence-corrected chi connectivity index (χ2v) is 5.44. The van der Waals surface area contributed by atoms with Crippen LogP contribution in [0, 0.1) is 0 Å². The van der Waals surface area contributed by atoms with E-state index in [9.17, 15) is 4.79 Å². The van der Waals surface area contributed by atoms with Crippen LogP contribution in [0.25, 0.3) is 11.3 Å². The van der Waals surface area contributed by atoms with E-state index in [0.29, 0.717) is 0 Å². The number of nitrogens with zero attached hydrogens (tertiary/aromatic N) is 3. The third-order valence-electron chi connectivity index (χ3n) is 2.86.